The Labute approximate surface area is 370 Å². The fraction of sp³-hybridized carbons (Fsp3) is 0.529. The van der Waals surface area contributed by atoms with Crippen LogP contribution in [0.15, 0.2) is 106 Å². The summed E-state index contributed by atoms with van der Waals surface area (Å²) in [6, 6.07) is 0. The molecule has 0 aromatic rings. The highest BCUT2D eigenvalue weighted by Gasteiger charge is 2.43. The van der Waals surface area contributed by atoms with Gasteiger partial charge in [0.1, 0.15) is 5.76 Å². The number of carbonyl (C=O) groups is 2. The van der Waals surface area contributed by atoms with Crippen LogP contribution in [0.3, 0.4) is 0 Å². The standard InChI is InChI=1S/C51H69N7O4/c1-13-35-31(3)40-29-43-36(14-2)32(4)48(54-43)38(20-16-15-17-21-46(61)62)49-33(5)37(22-23-45(60)56(24-18-26-57(7,8)9)25-19-27-58(10,11)12)50(55-49)39-28-44(59)47-34(6)41(53-51(39)47)30-42(35)52-40/h29-30,33,37H,7,13-15,17-19,21-28H2,1-6,8-12H3,(H2-,52,53,54,55,59,61,62)/p+1/t33-,37-/m0/s1. The molecule has 5 heterocycles. The third kappa shape index (κ3) is 10.1. The molecule has 2 atom stereocenters. The Hall–Kier alpha value is -5.05. The maximum Gasteiger partial charge on any atom is 0.303 e. The lowest BCUT2D eigenvalue weighted by molar-refractivity contribution is -0.870. The lowest BCUT2D eigenvalue weighted by Crippen LogP contribution is -2.40. The maximum atomic E-state index is 14.4. The smallest absolute Gasteiger partial charge is 0.303 e. The number of hydrogen-bond donors (Lipinski definition) is 3. The number of fused-ring (bicyclic) bond motifs is 5. The van der Waals surface area contributed by atoms with Gasteiger partial charge in [0.2, 0.25) is 5.91 Å². The summed E-state index contributed by atoms with van der Waals surface area (Å²) in [6.45, 7) is 16.0. The molecule has 11 heteroatoms. The second kappa shape index (κ2) is 18.7. The number of aliphatic carboxylic acids is 1. The van der Waals surface area contributed by atoms with Crippen LogP contribution in [0, 0.1) is 30.7 Å². The van der Waals surface area contributed by atoms with Crippen molar-refractivity contribution in [1.82, 2.24) is 10.2 Å². The summed E-state index contributed by atoms with van der Waals surface area (Å²) in [5.74, 6) is 6.26. The largest absolute Gasteiger partial charge is 0.511 e. The molecule has 1 saturated heterocycles. The van der Waals surface area contributed by atoms with Gasteiger partial charge in [0.25, 0.3) is 0 Å². The number of aliphatic hydroxyl groups excluding tert-OH is 1. The number of carboxylic acids is 1. The van der Waals surface area contributed by atoms with Crippen LogP contribution in [0.1, 0.15) is 106 Å². The molecule has 332 valence electrons. The van der Waals surface area contributed by atoms with Gasteiger partial charge >= 0.3 is 5.97 Å². The number of nitrogens with one attached hydrogen (secondary N) is 1. The van der Waals surface area contributed by atoms with Crippen molar-refractivity contribution < 1.29 is 28.8 Å². The first-order chi connectivity index (χ1) is 29.2. The van der Waals surface area contributed by atoms with Crippen molar-refractivity contribution in [1.29, 1.82) is 0 Å². The highest BCUT2D eigenvalue weighted by molar-refractivity contribution is 6.22. The minimum atomic E-state index is -0.837. The number of carbonyl (C=O) groups excluding carboxylic acids is 1. The molecule has 3 N–H and O–H groups in total. The van der Waals surface area contributed by atoms with Crippen molar-refractivity contribution in [3.63, 3.8) is 0 Å². The first-order valence-corrected chi connectivity index (χ1v) is 22.7. The van der Waals surface area contributed by atoms with E-state index >= 15 is 0 Å². The third-order valence-corrected chi connectivity index (χ3v) is 13.0. The summed E-state index contributed by atoms with van der Waals surface area (Å²) in [7, 11) is 15.0. The highest BCUT2D eigenvalue weighted by atomic mass is 16.4. The summed E-state index contributed by atoms with van der Waals surface area (Å²) in [5.41, 5.74) is 14.8. The Morgan fingerprint density at radius 2 is 1.53 bits per heavy atom. The summed E-state index contributed by atoms with van der Waals surface area (Å²) in [5, 5.41) is 25.0. The SMILES string of the molecule is [CH2-][N+](C)(C)CCCN(CCC[N+](C)(C)C)C(=O)CC[C@@H]1C2=C3CC(O)=C4C3=NC(=C4C)C=C3N=C(C=C4N=C(C(C)=C4CC)C(C#CCCCC(=O)O)=C(N2)[C@H]1C)C(C)=C3CC. The van der Waals surface area contributed by atoms with Gasteiger partial charge < -0.3 is 29.4 Å². The van der Waals surface area contributed by atoms with Crippen molar-refractivity contribution in [3.8, 4) is 11.8 Å². The number of aliphatic imine (C=N–C) groups is 3. The number of allylic oxidation sites excluding steroid dienone is 12. The van der Waals surface area contributed by atoms with Crippen molar-refractivity contribution in [2.45, 2.75) is 106 Å². The monoisotopic (exact) mass is 845 g/mol. The van der Waals surface area contributed by atoms with E-state index in [9.17, 15) is 19.8 Å². The predicted octanol–water partition coefficient (Wildman–Crippen LogP) is 8.66. The van der Waals surface area contributed by atoms with Gasteiger partial charge in [0.15, 0.2) is 0 Å². The summed E-state index contributed by atoms with van der Waals surface area (Å²) < 4.78 is 1.44. The van der Waals surface area contributed by atoms with Crippen LogP contribution in [0.4, 0.5) is 0 Å². The first-order valence-electron chi connectivity index (χ1n) is 22.7. The molecule has 0 unspecified atom stereocenters. The fourth-order valence-corrected chi connectivity index (χ4v) is 9.59. The minimum Gasteiger partial charge on any atom is -0.511 e. The van der Waals surface area contributed by atoms with Gasteiger partial charge in [-0.15, -0.1) is 7.05 Å². The van der Waals surface area contributed by atoms with Gasteiger partial charge in [0, 0.05) is 100 Å². The molecule has 11 nitrogen and oxygen atoms in total. The van der Waals surface area contributed by atoms with Gasteiger partial charge in [-0.3, -0.25) is 9.59 Å². The average Bonchev–Trinajstić information content (AvgIpc) is 3.95. The Balaban J connectivity index is 1.49. The van der Waals surface area contributed by atoms with E-state index in [1.807, 2.05) is 6.92 Å². The highest BCUT2D eigenvalue weighted by Crippen LogP contribution is 2.47. The van der Waals surface area contributed by atoms with Gasteiger partial charge in [-0.1, -0.05) is 32.6 Å². The van der Waals surface area contributed by atoms with Crippen molar-refractivity contribution in [3.05, 3.63) is 98.0 Å². The predicted molar refractivity (Wildman–Crippen MR) is 251 cm³/mol. The first kappa shape index (κ1) is 46.5. The van der Waals surface area contributed by atoms with E-state index in [0.29, 0.717) is 55.4 Å². The van der Waals surface area contributed by atoms with Crippen LogP contribution in [0.25, 0.3) is 0 Å². The van der Waals surface area contributed by atoms with E-state index in [2.05, 4.69) is 111 Å². The molecule has 62 heavy (non-hydrogen) atoms. The molecular formula is C51H70N7O4+. The van der Waals surface area contributed by atoms with Crippen molar-refractivity contribution >= 4 is 29.0 Å². The quantitative estimate of drug-likeness (QED) is 0.0621. The molecule has 0 aromatic carbocycles. The minimum absolute atomic E-state index is 0.0500. The summed E-state index contributed by atoms with van der Waals surface area (Å²) in [6.07, 6.45) is 9.77. The van der Waals surface area contributed by atoms with E-state index in [-0.39, 0.29) is 24.2 Å². The molecule has 1 amide bonds. The van der Waals surface area contributed by atoms with Crippen LogP contribution in [0.2, 0.25) is 0 Å². The van der Waals surface area contributed by atoms with Crippen LogP contribution in [-0.4, -0.2) is 115 Å². The molecule has 5 aliphatic heterocycles. The Bertz CT molecular complexity index is 2310. The van der Waals surface area contributed by atoms with Gasteiger partial charge in [-0.25, -0.2) is 15.0 Å². The Morgan fingerprint density at radius 3 is 2.18 bits per heavy atom. The fourth-order valence-electron chi connectivity index (χ4n) is 9.59. The van der Waals surface area contributed by atoms with Crippen molar-refractivity contribution in [2.24, 2.45) is 26.8 Å². The van der Waals surface area contributed by atoms with E-state index in [1.54, 1.807) is 0 Å². The molecule has 0 saturated carbocycles. The number of carboxylic acid groups (broad SMARTS) is 1. The normalized spacial score (nSPS) is 21.1. The van der Waals surface area contributed by atoms with Crippen LogP contribution < -0.4 is 5.32 Å². The Kier molecular flexibility index (Phi) is 14.0. The number of amides is 1. The lowest BCUT2D eigenvalue weighted by atomic mass is 9.84. The van der Waals surface area contributed by atoms with Crippen LogP contribution in [-0.2, 0) is 9.59 Å². The van der Waals surface area contributed by atoms with Gasteiger partial charge in [0.05, 0.1) is 74.0 Å². The molecule has 1 fully saturated rings. The second-order valence-electron chi connectivity index (χ2n) is 19.4. The summed E-state index contributed by atoms with van der Waals surface area (Å²) in [4.78, 5) is 43.7. The molecule has 0 aromatic heterocycles. The third-order valence-electron chi connectivity index (χ3n) is 13.0. The van der Waals surface area contributed by atoms with E-state index in [1.165, 1.54) is 0 Å². The number of hydrogen-bond acceptors (Lipinski definition) is 7. The number of rotatable bonds is 16. The number of unbranched alkanes of at least 4 members (excludes halogenated alkanes) is 1. The van der Waals surface area contributed by atoms with Crippen molar-refractivity contribution in [2.75, 3.05) is 61.4 Å². The van der Waals surface area contributed by atoms with E-state index in [4.69, 9.17) is 15.0 Å². The molecule has 0 spiro atoms. The molecule has 1 aliphatic carbocycles. The van der Waals surface area contributed by atoms with Gasteiger partial charge in [-0.05, 0) is 86.5 Å². The zero-order chi connectivity index (χ0) is 45.3. The Morgan fingerprint density at radius 1 is 0.871 bits per heavy atom. The van der Waals surface area contributed by atoms with E-state index < -0.39 is 5.97 Å². The van der Waals surface area contributed by atoms with Gasteiger partial charge in [-0.2, -0.15) is 0 Å². The number of nitrogens with zero attached hydrogens (tertiary/aromatic N) is 6. The lowest BCUT2D eigenvalue weighted by Gasteiger charge is -2.34. The second-order valence-corrected chi connectivity index (χ2v) is 19.4. The molecular weight excluding hydrogens is 775 g/mol. The maximum absolute atomic E-state index is 14.4. The summed E-state index contributed by atoms with van der Waals surface area (Å²) >= 11 is 0. The van der Waals surface area contributed by atoms with E-state index in [0.717, 1.165) is 133 Å². The molecule has 0 radical (unpaired) electrons. The van der Waals surface area contributed by atoms with Crippen LogP contribution in [0.5, 0.6) is 0 Å². The zero-order valence-electron chi connectivity index (χ0n) is 39.3. The molecule has 6 rings (SSSR count). The molecule has 8 bridgehead atoms. The van der Waals surface area contributed by atoms with Crippen LogP contribution >= 0.6 is 0 Å². The average molecular weight is 845 g/mol. The number of quaternary nitrogens is 2. The zero-order valence-corrected chi connectivity index (χ0v) is 39.3. The topological polar surface area (TPSA) is 127 Å². The number of aliphatic hydroxyl groups is 1. The molecule has 6 aliphatic rings.